The van der Waals surface area contributed by atoms with E-state index in [2.05, 4.69) is 16.0 Å². The number of urea groups is 1. The van der Waals surface area contributed by atoms with Crippen molar-refractivity contribution >= 4 is 29.4 Å². The van der Waals surface area contributed by atoms with Crippen molar-refractivity contribution in [3.05, 3.63) is 51.3 Å². The minimum atomic E-state index is -0.644. The van der Waals surface area contributed by atoms with Crippen molar-refractivity contribution in [2.45, 2.75) is 6.54 Å². The second-order valence-corrected chi connectivity index (χ2v) is 5.42. The molecular formula is C15H11N5O4. The zero-order chi connectivity index (χ0) is 17.0. The van der Waals surface area contributed by atoms with E-state index in [1.54, 1.807) is 18.2 Å². The predicted octanol–water partition coefficient (Wildman–Crippen LogP) is -0.0616. The Morgan fingerprint density at radius 2 is 1.79 bits per heavy atom. The van der Waals surface area contributed by atoms with Gasteiger partial charge in [-0.05, 0) is 17.7 Å². The lowest BCUT2D eigenvalue weighted by Gasteiger charge is -2.20. The molecule has 0 aliphatic carbocycles. The average Bonchev–Trinajstić information content (AvgIpc) is 2.81. The molecule has 2 aliphatic rings. The number of nitrogen functional groups attached to an aromatic ring is 1. The van der Waals surface area contributed by atoms with Crippen LogP contribution in [-0.2, 0) is 6.54 Å². The van der Waals surface area contributed by atoms with Crippen molar-refractivity contribution in [1.82, 2.24) is 15.2 Å². The van der Waals surface area contributed by atoms with Crippen molar-refractivity contribution in [3.63, 3.8) is 0 Å². The minimum absolute atomic E-state index is 0.0250. The number of hydrogen-bond acceptors (Lipinski definition) is 5. The summed E-state index contributed by atoms with van der Waals surface area (Å²) in [5, 5.41) is 7.38. The number of carbonyl (C=O) groups is 3. The summed E-state index contributed by atoms with van der Waals surface area (Å²) in [5.41, 5.74) is 7.14. The van der Waals surface area contributed by atoms with Crippen LogP contribution >= 0.6 is 0 Å². The lowest BCUT2D eigenvalue weighted by Crippen LogP contribution is -2.33. The molecule has 0 bridgehead atoms. The second-order valence-electron chi connectivity index (χ2n) is 5.42. The number of rotatable bonds is 1. The van der Waals surface area contributed by atoms with Crippen molar-refractivity contribution in [3.8, 4) is 5.69 Å². The van der Waals surface area contributed by atoms with Gasteiger partial charge in [0.2, 0.25) is 0 Å². The highest BCUT2D eigenvalue weighted by Crippen LogP contribution is 2.26. The number of benzene rings is 1. The van der Waals surface area contributed by atoms with Crippen molar-refractivity contribution in [2.24, 2.45) is 0 Å². The molecule has 120 valence electrons. The van der Waals surface area contributed by atoms with Gasteiger partial charge in [0.05, 0.1) is 16.8 Å². The van der Waals surface area contributed by atoms with Gasteiger partial charge >= 0.3 is 6.03 Å². The van der Waals surface area contributed by atoms with Crippen LogP contribution in [0.5, 0.6) is 0 Å². The molecule has 0 saturated carbocycles. The van der Waals surface area contributed by atoms with Crippen LogP contribution in [0.3, 0.4) is 0 Å². The quantitative estimate of drug-likeness (QED) is 0.545. The molecular weight excluding hydrogens is 314 g/mol. The molecule has 2 aromatic rings. The van der Waals surface area contributed by atoms with Crippen LogP contribution < -0.4 is 27.2 Å². The van der Waals surface area contributed by atoms with Gasteiger partial charge in [0.15, 0.2) is 0 Å². The van der Waals surface area contributed by atoms with Gasteiger partial charge < -0.3 is 16.4 Å². The Hall–Kier alpha value is -3.62. The molecule has 9 heteroatoms. The SMILES string of the molecule is Nc1c2c(cc(=O)n1-c1ccc3c(c1)NC(=O)NC3)C(=O)NC2=O. The molecule has 9 nitrogen and oxygen atoms in total. The molecule has 4 amide bonds. The monoisotopic (exact) mass is 325 g/mol. The van der Waals surface area contributed by atoms with Gasteiger partial charge in [0.1, 0.15) is 5.82 Å². The van der Waals surface area contributed by atoms with E-state index < -0.39 is 17.4 Å². The van der Waals surface area contributed by atoms with E-state index in [1.165, 1.54) is 0 Å². The highest BCUT2D eigenvalue weighted by molar-refractivity contribution is 6.23. The number of nitrogens with two attached hydrogens (primary N) is 1. The van der Waals surface area contributed by atoms with Crippen LogP contribution in [0, 0.1) is 0 Å². The van der Waals surface area contributed by atoms with Gasteiger partial charge in [-0.2, -0.15) is 0 Å². The third-order valence-corrected chi connectivity index (χ3v) is 3.99. The Balaban J connectivity index is 1.93. The number of pyridine rings is 1. The molecule has 0 saturated heterocycles. The zero-order valence-electron chi connectivity index (χ0n) is 12.2. The first-order valence-corrected chi connectivity index (χ1v) is 7.05. The summed E-state index contributed by atoms with van der Waals surface area (Å²) in [4.78, 5) is 47.4. The lowest BCUT2D eigenvalue weighted by molar-refractivity contribution is 0.0880. The number of carbonyl (C=O) groups excluding carboxylic acids is 3. The van der Waals surface area contributed by atoms with Gasteiger partial charge in [0.25, 0.3) is 17.4 Å². The van der Waals surface area contributed by atoms with Crippen LogP contribution in [0.15, 0.2) is 29.1 Å². The van der Waals surface area contributed by atoms with Crippen molar-refractivity contribution < 1.29 is 14.4 Å². The number of anilines is 2. The molecule has 3 heterocycles. The fourth-order valence-corrected chi connectivity index (χ4v) is 2.86. The number of fused-ring (bicyclic) bond motifs is 2. The maximum atomic E-state index is 12.4. The van der Waals surface area contributed by atoms with E-state index in [9.17, 15) is 19.2 Å². The van der Waals surface area contributed by atoms with Crippen LogP contribution in [0.25, 0.3) is 5.69 Å². The molecule has 1 aromatic heterocycles. The summed E-state index contributed by atoms with van der Waals surface area (Å²) < 4.78 is 1.13. The van der Waals surface area contributed by atoms with Gasteiger partial charge in [0, 0.05) is 18.3 Å². The van der Waals surface area contributed by atoms with E-state index in [0.29, 0.717) is 17.9 Å². The highest BCUT2D eigenvalue weighted by atomic mass is 16.2. The van der Waals surface area contributed by atoms with Crippen LogP contribution in [0.1, 0.15) is 26.3 Å². The Morgan fingerprint density at radius 3 is 2.58 bits per heavy atom. The van der Waals surface area contributed by atoms with E-state index in [-0.39, 0.29) is 23.0 Å². The van der Waals surface area contributed by atoms with Gasteiger partial charge in [-0.1, -0.05) is 6.07 Å². The molecule has 4 rings (SSSR count). The number of nitrogens with zero attached hydrogens (tertiary/aromatic N) is 1. The Kier molecular flexibility index (Phi) is 2.73. The zero-order valence-corrected chi connectivity index (χ0v) is 12.2. The lowest BCUT2D eigenvalue weighted by atomic mass is 10.1. The Morgan fingerprint density at radius 1 is 1.00 bits per heavy atom. The topological polar surface area (TPSA) is 135 Å². The standard InChI is InChI=1S/C15H11N5O4/c16-12-11-8(13(22)19-14(11)23)4-10(21)20(12)7-2-1-6-5-17-15(24)18-9(6)3-7/h1-4H,5,16H2,(H2,17,18,24)(H,19,22,23). The molecule has 2 aliphatic heterocycles. The highest BCUT2D eigenvalue weighted by Gasteiger charge is 2.32. The van der Waals surface area contributed by atoms with Gasteiger partial charge in [-0.25, -0.2) is 4.79 Å². The maximum Gasteiger partial charge on any atom is 0.319 e. The average molecular weight is 325 g/mol. The normalized spacial score (nSPS) is 15.2. The molecule has 5 N–H and O–H groups in total. The first-order valence-electron chi connectivity index (χ1n) is 7.05. The number of aromatic nitrogens is 1. The first kappa shape index (κ1) is 14.0. The third-order valence-electron chi connectivity index (χ3n) is 3.99. The van der Waals surface area contributed by atoms with E-state index in [1.807, 2.05) is 0 Å². The molecule has 0 spiro atoms. The summed E-state index contributed by atoms with van der Waals surface area (Å²) in [7, 11) is 0. The molecule has 0 radical (unpaired) electrons. The van der Waals surface area contributed by atoms with Gasteiger partial charge in [-0.15, -0.1) is 0 Å². The Bertz CT molecular complexity index is 1010. The van der Waals surface area contributed by atoms with Crippen molar-refractivity contribution in [2.75, 3.05) is 11.1 Å². The third kappa shape index (κ3) is 1.88. The predicted molar refractivity (Wildman–Crippen MR) is 84.1 cm³/mol. The number of amides is 4. The minimum Gasteiger partial charge on any atom is -0.384 e. The maximum absolute atomic E-state index is 12.4. The van der Waals surface area contributed by atoms with E-state index in [0.717, 1.165) is 16.2 Å². The van der Waals surface area contributed by atoms with E-state index in [4.69, 9.17) is 5.73 Å². The second kappa shape index (κ2) is 4.69. The molecule has 0 fully saturated rings. The number of imide groups is 1. The molecule has 0 atom stereocenters. The molecule has 0 unspecified atom stereocenters. The summed E-state index contributed by atoms with van der Waals surface area (Å²) in [6.07, 6.45) is 0. The van der Waals surface area contributed by atoms with Crippen LogP contribution in [0.2, 0.25) is 0 Å². The van der Waals surface area contributed by atoms with E-state index >= 15 is 0 Å². The van der Waals surface area contributed by atoms with Crippen molar-refractivity contribution in [1.29, 1.82) is 0 Å². The number of nitrogens with one attached hydrogen (secondary N) is 3. The number of hydrogen-bond donors (Lipinski definition) is 4. The van der Waals surface area contributed by atoms with Gasteiger partial charge in [-0.3, -0.25) is 24.3 Å². The summed E-state index contributed by atoms with van der Waals surface area (Å²) >= 11 is 0. The Labute approximate surface area is 134 Å². The summed E-state index contributed by atoms with van der Waals surface area (Å²) in [5.74, 6) is -1.41. The fraction of sp³-hybridized carbons (Fsp3) is 0.0667. The molecule has 1 aromatic carbocycles. The largest absolute Gasteiger partial charge is 0.384 e. The van der Waals surface area contributed by atoms with Crippen LogP contribution in [0.4, 0.5) is 16.3 Å². The fourth-order valence-electron chi connectivity index (χ4n) is 2.86. The first-order chi connectivity index (χ1) is 11.5. The summed E-state index contributed by atoms with van der Waals surface area (Å²) in [6, 6.07) is 5.70. The summed E-state index contributed by atoms with van der Waals surface area (Å²) in [6.45, 7) is 0.368. The smallest absolute Gasteiger partial charge is 0.319 e. The van der Waals surface area contributed by atoms with Crippen LogP contribution in [-0.4, -0.2) is 22.4 Å². The molecule has 24 heavy (non-hydrogen) atoms.